The van der Waals surface area contributed by atoms with Gasteiger partial charge in [-0.15, -0.1) is 0 Å². The first-order valence-corrected chi connectivity index (χ1v) is 6.19. The third kappa shape index (κ3) is 3.20. The molecule has 0 spiro atoms. The largest absolute Gasteiger partial charge is 0.354 e. The van der Waals surface area contributed by atoms with Crippen LogP contribution < -0.4 is 11.1 Å². The second-order valence-corrected chi connectivity index (χ2v) is 4.72. The molecule has 0 aromatic heterocycles. The average molecular weight is 212 g/mol. The van der Waals surface area contributed by atoms with Gasteiger partial charge >= 0.3 is 0 Å². The van der Waals surface area contributed by atoms with E-state index < -0.39 is 5.54 Å². The highest BCUT2D eigenvalue weighted by Gasteiger charge is 2.30. The summed E-state index contributed by atoms with van der Waals surface area (Å²) in [6.07, 6.45) is 6.57. The number of nitrogens with one attached hydrogen (secondary N) is 1. The van der Waals surface area contributed by atoms with Gasteiger partial charge in [-0.25, -0.2) is 0 Å². The van der Waals surface area contributed by atoms with E-state index in [4.69, 9.17) is 5.73 Å². The molecule has 0 aromatic carbocycles. The van der Waals surface area contributed by atoms with Gasteiger partial charge in [-0.1, -0.05) is 26.7 Å². The Morgan fingerprint density at radius 1 is 1.33 bits per heavy atom. The zero-order valence-electron chi connectivity index (χ0n) is 10.0. The molecule has 1 rings (SSSR count). The molecule has 88 valence electrons. The molecule has 0 bridgehead atoms. The molecule has 1 aliphatic rings. The highest BCUT2D eigenvalue weighted by atomic mass is 16.2. The van der Waals surface area contributed by atoms with Crippen molar-refractivity contribution in [3.8, 4) is 0 Å². The van der Waals surface area contributed by atoms with Crippen LogP contribution >= 0.6 is 0 Å². The lowest BCUT2D eigenvalue weighted by molar-refractivity contribution is -0.126. The van der Waals surface area contributed by atoms with E-state index in [1.54, 1.807) is 0 Å². The molecule has 15 heavy (non-hydrogen) atoms. The zero-order chi connectivity index (χ0) is 11.3. The van der Waals surface area contributed by atoms with Crippen LogP contribution in [-0.4, -0.2) is 18.0 Å². The van der Waals surface area contributed by atoms with Gasteiger partial charge in [0.05, 0.1) is 5.54 Å². The maximum Gasteiger partial charge on any atom is 0.240 e. The number of rotatable bonds is 5. The van der Waals surface area contributed by atoms with E-state index >= 15 is 0 Å². The van der Waals surface area contributed by atoms with Crippen LogP contribution in [0.2, 0.25) is 0 Å². The Labute approximate surface area is 92.8 Å². The van der Waals surface area contributed by atoms with E-state index in [-0.39, 0.29) is 5.91 Å². The first-order chi connectivity index (χ1) is 7.12. The van der Waals surface area contributed by atoms with Crippen LogP contribution in [0.15, 0.2) is 0 Å². The molecule has 0 unspecified atom stereocenters. The Morgan fingerprint density at radius 2 is 1.87 bits per heavy atom. The molecule has 0 aliphatic heterocycles. The molecule has 0 saturated heterocycles. The Kier molecular flexibility index (Phi) is 4.58. The fourth-order valence-corrected chi connectivity index (χ4v) is 2.20. The van der Waals surface area contributed by atoms with Gasteiger partial charge < -0.3 is 11.1 Å². The van der Waals surface area contributed by atoms with Crippen LogP contribution in [0.25, 0.3) is 0 Å². The van der Waals surface area contributed by atoms with E-state index in [0.717, 1.165) is 6.54 Å². The van der Waals surface area contributed by atoms with Gasteiger partial charge in [0.25, 0.3) is 0 Å². The van der Waals surface area contributed by atoms with Gasteiger partial charge in [0.15, 0.2) is 0 Å². The summed E-state index contributed by atoms with van der Waals surface area (Å²) in [5.74, 6) is 0.714. The number of carbonyl (C=O) groups is 1. The maximum absolute atomic E-state index is 11.8. The Balaban J connectivity index is 2.33. The summed E-state index contributed by atoms with van der Waals surface area (Å²) >= 11 is 0. The molecular weight excluding hydrogens is 188 g/mol. The number of hydrogen-bond acceptors (Lipinski definition) is 2. The molecule has 0 atom stereocenters. The van der Waals surface area contributed by atoms with Crippen molar-refractivity contribution in [3.05, 3.63) is 0 Å². The monoisotopic (exact) mass is 212 g/mol. The second kappa shape index (κ2) is 5.50. The van der Waals surface area contributed by atoms with E-state index in [1.807, 2.05) is 13.8 Å². The fourth-order valence-electron chi connectivity index (χ4n) is 2.20. The molecule has 1 fully saturated rings. The zero-order valence-corrected chi connectivity index (χ0v) is 10.0. The van der Waals surface area contributed by atoms with Crippen molar-refractivity contribution in [3.63, 3.8) is 0 Å². The van der Waals surface area contributed by atoms with Crippen LogP contribution in [0.5, 0.6) is 0 Å². The molecule has 1 aliphatic carbocycles. The van der Waals surface area contributed by atoms with E-state index in [9.17, 15) is 4.79 Å². The van der Waals surface area contributed by atoms with Crippen molar-refractivity contribution in [1.82, 2.24) is 5.32 Å². The summed E-state index contributed by atoms with van der Waals surface area (Å²) in [6.45, 7) is 4.76. The lowest BCUT2D eigenvalue weighted by atomic mass is 9.93. The van der Waals surface area contributed by atoms with Crippen molar-refractivity contribution in [2.45, 2.75) is 57.9 Å². The molecular formula is C12H24N2O. The predicted octanol–water partition coefficient (Wildman–Crippen LogP) is 1.81. The number of hydrogen-bond donors (Lipinski definition) is 2. The van der Waals surface area contributed by atoms with E-state index in [1.165, 1.54) is 25.7 Å². The number of carbonyl (C=O) groups excluding carboxylic acids is 1. The molecule has 3 nitrogen and oxygen atoms in total. The van der Waals surface area contributed by atoms with Crippen molar-refractivity contribution in [1.29, 1.82) is 0 Å². The van der Waals surface area contributed by atoms with Crippen LogP contribution in [0.4, 0.5) is 0 Å². The summed E-state index contributed by atoms with van der Waals surface area (Å²) < 4.78 is 0. The number of nitrogens with two attached hydrogens (primary N) is 1. The maximum atomic E-state index is 11.8. The minimum atomic E-state index is -0.654. The van der Waals surface area contributed by atoms with Gasteiger partial charge in [0.1, 0.15) is 0 Å². The quantitative estimate of drug-likeness (QED) is 0.730. The highest BCUT2D eigenvalue weighted by Crippen LogP contribution is 2.24. The Morgan fingerprint density at radius 3 is 2.33 bits per heavy atom. The smallest absolute Gasteiger partial charge is 0.240 e. The normalized spacial score (nSPS) is 18.1. The fraction of sp³-hybridized carbons (Fsp3) is 0.917. The third-order valence-electron chi connectivity index (χ3n) is 3.74. The minimum Gasteiger partial charge on any atom is -0.354 e. The van der Waals surface area contributed by atoms with E-state index in [2.05, 4.69) is 5.32 Å². The average Bonchev–Trinajstić information content (AvgIpc) is 2.77. The van der Waals surface area contributed by atoms with Gasteiger partial charge in [-0.2, -0.15) is 0 Å². The molecule has 3 heteroatoms. The third-order valence-corrected chi connectivity index (χ3v) is 3.74. The van der Waals surface area contributed by atoms with E-state index in [0.29, 0.717) is 18.8 Å². The standard InChI is InChI=1S/C12H24N2O/c1-3-12(13,4-2)11(15)14-9-10-7-5-6-8-10/h10H,3-9,13H2,1-2H3,(H,14,15). The topological polar surface area (TPSA) is 55.1 Å². The molecule has 0 aromatic rings. The van der Waals surface area contributed by atoms with Crippen molar-refractivity contribution < 1.29 is 4.79 Å². The van der Waals surface area contributed by atoms with Crippen LogP contribution in [0.1, 0.15) is 52.4 Å². The first kappa shape index (κ1) is 12.5. The summed E-state index contributed by atoms with van der Waals surface area (Å²) in [6, 6.07) is 0. The SMILES string of the molecule is CCC(N)(CC)C(=O)NCC1CCCC1. The van der Waals surface area contributed by atoms with Gasteiger partial charge in [0, 0.05) is 6.54 Å². The van der Waals surface area contributed by atoms with Crippen molar-refractivity contribution in [2.75, 3.05) is 6.54 Å². The van der Waals surface area contributed by atoms with Gasteiger partial charge in [-0.3, -0.25) is 4.79 Å². The summed E-state index contributed by atoms with van der Waals surface area (Å²) in [5, 5.41) is 3.00. The van der Waals surface area contributed by atoms with Gasteiger partial charge in [-0.05, 0) is 31.6 Å². The Bertz CT molecular complexity index is 206. The van der Waals surface area contributed by atoms with Crippen molar-refractivity contribution >= 4 is 5.91 Å². The summed E-state index contributed by atoms with van der Waals surface area (Å²) in [7, 11) is 0. The highest BCUT2D eigenvalue weighted by molar-refractivity contribution is 5.85. The summed E-state index contributed by atoms with van der Waals surface area (Å²) in [5.41, 5.74) is 5.36. The Hall–Kier alpha value is -0.570. The molecule has 3 N–H and O–H groups in total. The molecule has 1 amide bonds. The molecule has 0 radical (unpaired) electrons. The molecule has 1 saturated carbocycles. The lowest BCUT2D eigenvalue weighted by Gasteiger charge is -2.26. The minimum absolute atomic E-state index is 0.0272. The van der Waals surface area contributed by atoms with Crippen LogP contribution in [0.3, 0.4) is 0 Å². The van der Waals surface area contributed by atoms with Crippen LogP contribution in [0, 0.1) is 5.92 Å². The predicted molar refractivity (Wildman–Crippen MR) is 62.5 cm³/mol. The van der Waals surface area contributed by atoms with Crippen LogP contribution in [-0.2, 0) is 4.79 Å². The molecule has 0 heterocycles. The number of amides is 1. The first-order valence-electron chi connectivity index (χ1n) is 6.19. The van der Waals surface area contributed by atoms with Gasteiger partial charge in [0.2, 0.25) is 5.91 Å². The van der Waals surface area contributed by atoms with Crippen molar-refractivity contribution in [2.24, 2.45) is 11.7 Å². The summed E-state index contributed by atoms with van der Waals surface area (Å²) in [4.78, 5) is 11.8. The lowest BCUT2D eigenvalue weighted by Crippen LogP contribution is -2.53. The second-order valence-electron chi connectivity index (χ2n) is 4.72.